The second-order valence-electron chi connectivity index (χ2n) is 7.64. The Hall–Kier alpha value is -1.46. The van der Waals surface area contributed by atoms with Gasteiger partial charge in [0.2, 0.25) is 5.91 Å². The fraction of sp³-hybridized carbons (Fsp3) is 0.889. The molecule has 0 aromatic rings. The summed E-state index contributed by atoms with van der Waals surface area (Å²) in [5.74, 6) is 0.0529. The summed E-state index contributed by atoms with van der Waals surface area (Å²) >= 11 is 0. The molecule has 158 valence electrons. The zero-order chi connectivity index (χ0) is 19.5. The molecule has 5 atom stereocenters. The first-order chi connectivity index (χ1) is 13.6. The minimum absolute atomic E-state index is 0.0529. The lowest BCUT2D eigenvalue weighted by Crippen LogP contribution is -2.49. The lowest BCUT2D eigenvalue weighted by molar-refractivity contribution is -0.138. The number of nitrogens with zero attached hydrogens (tertiary/aromatic N) is 2. The van der Waals surface area contributed by atoms with Crippen LogP contribution in [0.5, 0.6) is 0 Å². The molecule has 3 amide bonds. The highest BCUT2D eigenvalue weighted by atomic mass is 16.6. The molecule has 4 fully saturated rings. The fourth-order valence-corrected chi connectivity index (χ4v) is 4.21. The van der Waals surface area contributed by atoms with Crippen molar-refractivity contribution in [3.8, 4) is 0 Å². The molecule has 0 bridgehead atoms. The van der Waals surface area contributed by atoms with Crippen molar-refractivity contribution in [2.45, 2.75) is 43.4 Å². The minimum Gasteiger partial charge on any atom is -0.388 e. The first-order valence-electron chi connectivity index (χ1n) is 10.1. The summed E-state index contributed by atoms with van der Waals surface area (Å²) < 4.78 is 22.3. The van der Waals surface area contributed by atoms with E-state index < -0.39 is 18.3 Å². The molecule has 4 aliphatic heterocycles. The second kappa shape index (κ2) is 8.91. The summed E-state index contributed by atoms with van der Waals surface area (Å²) in [5.41, 5.74) is 0. The minimum atomic E-state index is -0.821. The van der Waals surface area contributed by atoms with E-state index in [0.717, 1.165) is 0 Å². The van der Waals surface area contributed by atoms with Crippen molar-refractivity contribution < 1.29 is 33.6 Å². The number of ether oxygens (including phenoxy) is 4. The van der Waals surface area contributed by atoms with Crippen LogP contribution in [0.25, 0.3) is 0 Å². The molecule has 2 N–H and O–H groups in total. The van der Waals surface area contributed by atoms with E-state index in [1.165, 1.54) is 0 Å². The molecule has 0 radical (unpaired) electrons. The van der Waals surface area contributed by atoms with Gasteiger partial charge in [-0.15, -0.1) is 0 Å². The third-order valence-electron chi connectivity index (χ3n) is 5.80. The number of hydrogen-bond donors (Lipinski definition) is 2. The van der Waals surface area contributed by atoms with Gasteiger partial charge >= 0.3 is 6.03 Å². The molecule has 4 saturated heterocycles. The third-order valence-corrected chi connectivity index (χ3v) is 5.80. The molecule has 10 heteroatoms. The summed E-state index contributed by atoms with van der Waals surface area (Å²) in [6, 6.07) is -0.175. The molecule has 0 aromatic heterocycles. The van der Waals surface area contributed by atoms with E-state index in [2.05, 4.69) is 5.32 Å². The predicted octanol–water partition coefficient (Wildman–Crippen LogP) is -1.44. The number of aliphatic hydroxyl groups excluding tert-OH is 1. The van der Waals surface area contributed by atoms with Crippen molar-refractivity contribution in [2.75, 3.05) is 59.2 Å². The number of amides is 3. The van der Waals surface area contributed by atoms with Crippen molar-refractivity contribution in [2.24, 2.45) is 0 Å². The maximum atomic E-state index is 12.4. The summed E-state index contributed by atoms with van der Waals surface area (Å²) in [7, 11) is 0. The number of carbonyl (C=O) groups is 2. The van der Waals surface area contributed by atoms with E-state index in [0.29, 0.717) is 65.4 Å². The molecule has 4 heterocycles. The number of morpholine rings is 2. The van der Waals surface area contributed by atoms with Crippen LogP contribution in [0.3, 0.4) is 0 Å². The maximum absolute atomic E-state index is 12.4. The van der Waals surface area contributed by atoms with Crippen LogP contribution in [0.4, 0.5) is 4.79 Å². The summed E-state index contributed by atoms with van der Waals surface area (Å²) in [6.45, 7) is 4.80. The third kappa shape index (κ3) is 4.41. The number of aliphatic hydroxyl groups is 1. The van der Waals surface area contributed by atoms with E-state index in [1.807, 2.05) is 0 Å². The average molecular weight is 399 g/mol. The van der Waals surface area contributed by atoms with E-state index in [1.54, 1.807) is 9.80 Å². The van der Waals surface area contributed by atoms with Gasteiger partial charge in [-0.1, -0.05) is 0 Å². The molecule has 0 saturated carbocycles. The Morgan fingerprint density at radius 2 is 1.61 bits per heavy atom. The van der Waals surface area contributed by atoms with Crippen LogP contribution in [-0.4, -0.2) is 117 Å². The highest BCUT2D eigenvalue weighted by molar-refractivity contribution is 5.77. The Bertz CT molecular complexity index is 563. The highest BCUT2D eigenvalue weighted by Gasteiger charge is 2.50. The van der Waals surface area contributed by atoms with E-state index in [9.17, 15) is 14.7 Å². The van der Waals surface area contributed by atoms with Gasteiger partial charge in [-0.05, 0) is 0 Å². The monoisotopic (exact) mass is 399 g/mol. The molecule has 5 unspecified atom stereocenters. The summed E-state index contributed by atoms with van der Waals surface area (Å²) in [6.07, 6.45) is -1.40. The van der Waals surface area contributed by atoms with Crippen LogP contribution in [0, 0.1) is 0 Å². The first-order valence-corrected chi connectivity index (χ1v) is 10.1. The molecule has 4 rings (SSSR count). The van der Waals surface area contributed by atoms with Crippen LogP contribution in [0.2, 0.25) is 0 Å². The van der Waals surface area contributed by atoms with Crippen molar-refractivity contribution in [1.82, 2.24) is 15.1 Å². The van der Waals surface area contributed by atoms with Crippen LogP contribution in [-0.2, 0) is 23.7 Å². The predicted molar refractivity (Wildman–Crippen MR) is 95.8 cm³/mol. The van der Waals surface area contributed by atoms with Gasteiger partial charge in [0.05, 0.1) is 45.1 Å². The Morgan fingerprint density at radius 1 is 0.964 bits per heavy atom. The van der Waals surface area contributed by atoms with Gasteiger partial charge in [0.25, 0.3) is 0 Å². The van der Waals surface area contributed by atoms with Crippen molar-refractivity contribution in [1.29, 1.82) is 0 Å². The highest BCUT2D eigenvalue weighted by Crippen LogP contribution is 2.35. The van der Waals surface area contributed by atoms with Gasteiger partial charge < -0.3 is 39.2 Å². The van der Waals surface area contributed by atoms with Gasteiger partial charge in [-0.2, -0.15) is 0 Å². The second-order valence-corrected chi connectivity index (χ2v) is 7.64. The number of rotatable bonds is 4. The molecule has 4 aliphatic rings. The molecule has 0 spiro atoms. The maximum Gasteiger partial charge on any atom is 0.317 e. The standard InChI is InChI=1S/C18H29N3O7/c22-15(20-1-5-25-6-2-20)10-12-9-13-17(27-12)16(23)14(28-13)11-19-18(24)21-3-7-26-8-4-21/h12-14,16-17,23H,1-11H2,(H,19,24). The van der Waals surface area contributed by atoms with Gasteiger partial charge in [0.1, 0.15) is 18.3 Å². The lowest BCUT2D eigenvalue weighted by atomic mass is 10.1. The largest absolute Gasteiger partial charge is 0.388 e. The first kappa shape index (κ1) is 19.8. The molecule has 0 aromatic carbocycles. The number of hydrogen-bond acceptors (Lipinski definition) is 7. The Kier molecular flexibility index (Phi) is 6.32. The van der Waals surface area contributed by atoms with Crippen molar-refractivity contribution >= 4 is 11.9 Å². The topological polar surface area (TPSA) is 110 Å². The van der Waals surface area contributed by atoms with Crippen LogP contribution >= 0.6 is 0 Å². The van der Waals surface area contributed by atoms with Crippen LogP contribution in [0.15, 0.2) is 0 Å². The molecular weight excluding hydrogens is 370 g/mol. The van der Waals surface area contributed by atoms with Gasteiger partial charge in [-0.25, -0.2) is 4.79 Å². The molecule has 10 nitrogen and oxygen atoms in total. The Morgan fingerprint density at radius 3 is 2.25 bits per heavy atom. The molecule has 28 heavy (non-hydrogen) atoms. The number of fused-ring (bicyclic) bond motifs is 1. The zero-order valence-corrected chi connectivity index (χ0v) is 16.0. The quantitative estimate of drug-likeness (QED) is 0.596. The summed E-state index contributed by atoms with van der Waals surface area (Å²) in [5, 5.41) is 13.4. The van der Waals surface area contributed by atoms with Crippen molar-refractivity contribution in [3.63, 3.8) is 0 Å². The molecule has 0 aliphatic carbocycles. The van der Waals surface area contributed by atoms with Gasteiger partial charge in [-0.3, -0.25) is 4.79 Å². The average Bonchev–Trinajstić information content (AvgIpc) is 3.25. The normalized spacial score (nSPS) is 35.7. The van der Waals surface area contributed by atoms with Crippen molar-refractivity contribution in [3.05, 3.63) is 0 Å². The Labute approximate surface area is 164 Å². The zero-order valence-electron chi connectivity index (χ0n) is 16.0. The van der Waals surface area contributed by atoms with Crippen LogP contribution in [0.1, 0.15) is 12.8 Å². The molecular formula is C18H29N3O7. The van der Waals surface area contributed by atoms with Gasteiger partial charge in [0, 0.05) is 39.1 Å². The lowest BCUT2D eigenvalue weighted by Gasteiger charge is -2.28. The van der Waals surface area contributed by atoms with Crippen LogP contribution < -0.4 is 5.32 Å². The number of nitrogens with one attached hydrogen (secondary N) is 1. The number of urea groups is 1. The van der Waals surface area contributed by atoms with Gasteiger partial charge in [0.15, 0.2) is 0 Å². The number of carbonyl (C=O) groups excluding carboxylic acids is 2. The smallest absolute Gasteiger partial charge is 0.317 e. The summed E-state index contributed by atoms with van der Waals surface area (Å²) in [4.78, 5) is 28.0. The Balaban J connectivity index is 1.21. The van der Waals surface area contributed by atoms with E-state index in [-0.39, 0.29) is 30.7 Å². The van der Waals surface area contributed by atoms with E-state index in [4.69, 9.17) is 18.9 Å². The van der Waals surface area contributed by atoms with E-state index >= 15 is 0 Å². The fourth-order valence-electron chi connectivity index (χ4n) is 4.21. The SMILES string of the molecule is O=C(CC1CC2OC(CNC(=O)N3CCOCC3)C(O)C2O1)N1CCOCC1.